The van der Waals surface area contributed by atoms with E-state index >= 15 is 0 Å². The summed E-state index contributed by atoms with van der Waals surface area (Å²) in [5, 5.41) is 17.6. The first-order chi connectivity index (χ1) is 16.0. The van der Waals surface area contributed by atoms with Crippen LogP contribution >= 0.6 is 0 Å². The van der Waals surface area contributed by atoms with Crippen molar-refractivity contribution in [2.45, 2.75) is 71.0 Å². The van der Waals surface area contributed by atoms with Crippen molar-refractivity contribution in [1.82, 2.24) is 24.4 Å². The normalized spacial score (nSPS) is 20.4. The van der Waals surface area contributed by atoms with E-state index in [1.807, 2.05) is 13.8 Å². The maximum atomic E-state index is 13.6. The Morgan fingerprint density at radius 2 is 2.06 bits per heavy atom. The smallest absolute Gasteiger partial charge is 0.270 e. The van der Waals surface area contributed by atoms with Crippen LogP contribution in [0.15, 0.2) is 17.1 Å². The third-order valence-corrected chi connectivity index (χ3v) is 6.13. The second kappa shape index (κ2) is 8.84. The minimum atomic E-state index is -2.78. The van der Waals surface area contributed by atoms with Gasteiger partial charge in [0.1, 0.15) is 5.65 Å². The van der Waals surface area contributed by atoms with Crippen molar-refractivity contribution in [2.24, 2.45) is 5.92 Å². The molecule has 4 rings (SSSR count). The highest BCUT2D eigenvalue weighted by Crippen LogP contribution is 2.32. The van der Waals surface area contributed by atoms with E-state index in [0.717, 1.165) is 17.4 Å². The molecule has 2 aromatic rings. The van der Waals surface area contributed by atoms with Gasteiger partial charge < -0.3 is 15.3 Å². The van der Waals surface area contributed by atoms with E-state index in [4.69, 9.17) is 0 Å². The molecular formula is C23H29F2N5O4. The van der Waals surface area contributed by atoms with Gasteiger partial charge in [-0.25, -0.2) is 8.78 Å². The number of nitrogens with zero attached hydrogens (tertiary/aromatic N) is 4. The molecule has 184 valence electrons. The Kier molecular flexibility index (Phi) is 6.22. The van der Waals surface area contributed by atoms with Gasteiger partial charge in [0, 0.05) is 49.7 Å². The second-order valence-electron chi connectivity index (χ2n) is 9.62. The minimum Gasteiger partial charge on any atom is -0.492 e. The van der Waals surface area contributed by atoms with Crippen LogP contribution in [-0.2, 0) is 11.3 Å². The predicted octanol–water partition coefficient (Wildman–Crippen LogP) is 2.41. The number of aromatic nitrogens is 3. The van der Waals surface area contributed by atoms with E-state index in [-0.39, 0.29) is 42.7 Å². The van der Waals surface area contributed by atoms with Crippen LogP contribution in [-0.4, -0.2) is 60.6 Å². The van der Waals surface area contributed by atoms with Crippen molar-refractivity contribution in [3.05, 3.63) is 33.8 Å². The summed E-state index contributed by atoms with van der Waals surface area (Å²) >= 11 is 0. The first-order valence-electron chi connectivity index (χ1n) is 11.5. The zero-order chi connectivity index (χ0) is 24.8. The average Bonchev–Trinajstić information content (AvgIpc) is 3.44. The lowest BCUT2D eigenvalue weighted by atomic mass is 9.99. The second-order valence-corrected chi connectivity index (χ2v) is 9.62. The minimum absolute atomic E-state index is 0.000183. The number of piperidine rings is 1. The first-order valence-corrected chi connectivity index (χ1v) is 11.5. The maximum Gasteiger partial charge on any atom is 0.270 e. The molecule has 0 aromatic carbocycles. The number of hydrogen-bond donors (Lipinski definition) is 2. The highest BCUT2D eigenvalue weighted by atomic mass is 19.3. The number of aromatic hydroxyl groups is 1. The number of rotatable bonds is 6. The van der Waals surface area contributed by atoms with Crippen molar-refractivity contribution < 1.29 is 23.5 Å². The van der Waals surface area contributed by atoms with Gasteiger partial charge in [0.15, 0.2) is 5.56 Å². The fourth-order valence-corrected chi connectivity index (χ4v) is 4.28. The summed E-state index contributed by atoms with van der Waals surface area (Å²) in [5.74, 6) is -4.39. The lowest BCUT2D eigenvalue weighted by Gasteiger charge is -2.36. The molecule has 2 N–H and O–H groups in total. The predicted molar refractivity (Wildman–Crippen MR) is 121 cm³/mol. The van der Waals surface area contributed by atoms with Crippen LogP contribution in [0.4, 0.5) is 8.78 Å². The standard InChI is InChI=1S/C23H29F2N5O4/c1-13(2)12-29-20-15(4-7-17(31)28-9-8-23(24,25)10-14(28)3)11-26-30(20)22(34)18(21(29)33)19(32)27-16-5-6-16/h4,7,11,13-14,16,34H,5-6,8-10,12H2,1-3H3,(H,27,32). The summed E-state index contributed by atoms with van der Waals surface area (Å²) < 4.78 is 29.7. The maximum absolute atomic E-state index is 13.6. The van der Waals surface area contributed by atoms with Gasteiger partial charge in [-0.05, 0) is 31.8 Å². The van der Waals surface area contributed by atoms with Gasteiger partial charge in [0.25, 0.3) is 17.4 Å². The molecule has 0 radical (unpaired) electrons. The fraction of sp³-hybridized carbons (Fsp3) is 0.565. The fourth-order valence-electron chi connectivity index (χ4n) is 4.28. The molecule has 1 saturated carbocycles. The molecule has 1 aliphatic heterocycles. The molecule has 2 aliphatic rings. The third kappa shape index (κ3) is 4.69. The topological polar surface area (TPSA) is 109 Å². The molecule has 11 heteroatoms. The molecule has 3 heterocycles. The number of halogens is 2. The number of amides is 2. The zero-order valence-electron chi connectivity index (χ0n) is 19.4. The molecule has 2 amide bonds. The molecule has 2 fully saturated rings. The molecule has 0 spiro atoms. The van der Waals surface area contributed by atoms with Crippen LogP contribution < -0.4 is 10.9 Å². The van der Waals surface area contributed by atoms with Crippen LogP contribution in [0.5, 0.6) is 5.88 Å². The monoisotopic (exact) mass is 477 g/mol. The van der Waals surface area contributed by atoms with Gasteiger partial charge in [0.2, 0.25) is 11.8 Å². The summed E-state index contributed by atoms with van der Waals surface area (Å²) in [6.45, 7) is 5.60. The van der Waals surface area contributed by atoms with E-state index in [1.54, 1.807) is 6.92 Å². The molecule has 1 saturated heterocycles. The lowest BCUT2D eigenvalue weighted by Crippen LogP contribution is -2.47. The first kappa shape index (κ1) is 23.9. The number of carbonyl (C=O) groups is 2. The number of hydrogen-bond acceptors (Lipinski definition) is 5. The van der Waals surface area contributed by atoms with Crippen LogP contribution in [0.25, 0.3) is 11.7 Å². The summed E-state index contributed by atoms with van der Waals surface area (Å²) in [5.41, 5.74) is -0.407. The Morgan fingerprint density at radius 1 is 1.35 bits per heavy atom. The van der Waals surface area contributed by atoms with Gasteiger partial charge >= 0.3 is 0 Å². The highest BCUT2D eigenvalue weighted by molar-refractivity contribution is 5.97. The third-order valence-electron chi connectivity index (χ3n) is 6.13. The summed E-state index contributed by atoms with van der Waals surface area (Å²) in [6, 6.07) is -0.611. The van der Waals surface area contributed by atoms with Gasteiger partial charge in [-0.2, -0.15) is 9.61 Å². The van der Waals surface area contributed by atoms with E-state index in [0.29, 0.717) is 5.56 Å². The zero-order valence-corrected chi connectivity index (χ0v) is 19.4. The molecule has 9 nitrogen and oxygen atoms in total. The molecule has 1 atom stereocenters. The van der Waals surface area contributed by atoms with Crippen molar-refractivity contribution >= 4 is 23.5 Å². The number of nitrogens with one attached hydrogen (secondary N) is 1. The van der Waals surface area contributed by atoms with E-state index in [9.17, 15) is 28.3 Å². The molecule has 1 aliphatic carbocycles. The SMILES string of the molecule is CC(C)Cn1c(=O)c(C(=O)NC2CC2)c(O)n2ncc(C=CC(=O)N3CCC(F)(F)CC3C)c12. The number of alkyl halides is 2. The van der Waals surface area contributed by atoms with Crippen molar-refractivity contribution in [3.8, 4) is 5.88 Å². The largest absolute Gasteiger partial charge is 0.492 e. The van der Waals surface area contributed by atoms with Gasteiger partial charge in [-0.1, -0.05) is 13.8 Å². The van der Waals surface area contributed by atoms with Crippen molar-refractivity contribution in [2.75, 3.05) is 6.54 Å². The summed E-state index contributed by atoms with van der Waals surface area (Å²) in [6.07, 6.45) is 4.96. The Hall–Kier alpha value is -3.24. The number of likely N-dealkylation sites (tertiary alicyclic amines) is 1. The van der Waals surface area contributed by atoms with E-state index in [2.05, 4.69) is 10.4 Å². The van der Waals surface area contributed by atoms with Gasteiger partial charge in [-0.15, -0.1) is 0 Å². The number of carbonyl (C=O) groups excluding carboxylic acids is 2. The quantitative estimate of drug-likeness (QED) is 0.621. The molecule has 0 bridgehead atoms. The molecule has 2 aromatic heterocycles. The Bertz CT molecular complexity index is 1210. The van der Waals surface area contributed by atoms with Crippen LogP contribution in [0.3, 0.4) is 0 Å². The molecular weight excluding hydrogens is 448 g/mol. The Labute approximate surface area is 195 Å². The van der Waals surface area contributed by atoms with Crippen LogP contribution in [0, 0.1) is 5.92 Å². The molecule has 1 unspecified atom stereocenters. The van der Waals surface area contributed by atoms with Crippen LogP contribution in [0.2, 0.25) is 0 Å². The van der Waals surface area contributed by atoms with Crippen molar-refractivity contribution in [1.29, 1.82) is 0 Å². The van der Waals surface area contributed by atoms with Gasteiger partial charge in [-0.3, -0.25) is 19.0 Å². The van der Waals surface area contributed by atoms with Gasteiger partial charge in [0.05, 0.1) is 6.20 Å². The van der Waals surface area contributed by atoms with E-state index < -0.39 is 41.6 Å². The van der Waals surface area contributed by atoms with Crippen molar-refractivity contribution in [3.63, 3.8) is 0 Å². The average molecular weight is 478 g/mol. The van der Waals surface area contributed by atoms with Crippen LogP contribution in [0.1, 0.15) is 62.4 Å². The Balaban J connectivity index is 1.70. The Morgan fingerprint density at radius 3 is 2.68 bits per heavy atom. The lowest BCUT2D eigenvalue weighted by molar-refractivity contribution is -0.136. The van der Waals surface area contributed by atoms with E-state index in [1.165, 1.54) is 27.8 Å². The summed E-state index contributed by atoms with van der Waals surface area (Å²) in [4.78, 5) is 40.0. The summed E-state index contributed by atoms with van der Waals surface area (Å²) in [7, 11) is 0. The highest BCUT2D eigenvalue weighted by Gasteiger charge is 2.39. The molecule has 34 heavy (non-hydrogen) atoms. The number of fused-ring (bicyclic) bond motifs is 1.